The van der Waals surface area contributed by atoms with E-state index < -0.39 is 25.5 Å². The van der Waals surface area contributed by atoms with E-state index in [-0.39, 0.29) is 0 Å². The van der Waals surface area contributed by atoms with Crippen LogP contribution in [-0.2, 0) is 0 Å². The smallest absolute Gasteiger partial charge is 0.161 e. The van der Waals surface area contributed by atoms with Crippen molar-refractivity contribution >= 4 is 110 Å². The lowest BCUT2D eigenvalue weighted by Gasteiger charge is -2.07. The third kappa shape index (κ3) is 14.3. The minimum Gasteiger partial charge on any atom is -0.455 e. The summed E-state index contributed by atoms with van der Waals surface area (Å²) in [7, 11) is 0. The normalized spacial score (nSPS) is 13.1. The summed E-state index contributed by atoms with van der Waals surface area (Å²) in [6.07, 6.45) is 14.7. The molecule has 0 saturated carbocycles. The van der Waals surface area contributed by atoms with Crippen LogP contribution in [0.5, 0.6) is 0 Å². The predicted molar refractivity (Wildman–Crippen MR) is 455 cm³/mol. The molecule has 540 valence electrons. The van der Waals surface area contributed by atoms with Gasteiger partial charge in [0, 0.05) is 129 Å². The van der Waals surface area contributed by atoms with E-state index in [1.807, 2.05) is 201 Å². The summed E-state index contributed by atoms with van der Waals surface area (Å²) in [6, 6.07) is 85.3. The second-order valence-electron chi connectivity index (χ2n) is 28.8. The van der Waals surface area contributed by atoms with Crippen molar-refractivity contribution in [1.29, 1.82) is 0 Å². The molecule has 0 aliphatic carbocycles. The van der Waals surface area contributed by atoms with Gasteiger partial charge in [-0.1, -0.05) is 269 Å². The summed E-state index contributed by atoms with van der Waals surface area (Å²) < 4.78 is 75.7. The Labute approximate surface area is 648 Å². The Bertz CT molecular complexity index is 6320. The van der Waals surface area contributed by atoms with Crippen molar-refractivity contribution in [2.75, 3.05) is 0 Å². The third-order valence-corrected chi connectivity index (χ3v) is 20.5. The summed E-state index contributed by atoms with van der Waals surface area (Å²) in [5, 5.41) is 8.44. The molecule has 10 aromatic heterocycles. The van der Waals surface area contributed by atoms with E-state index in [0.29, 0.717) is 17.8 Å². The average Bonchev–Trinajstić information content (AvgIpc) is 1.63. The van der Waals surface area contributed by atoms with Gasteiger partial charge in [0.15, 0.2) is 11.2 Å². The molecular weight excluding hydrogens is 1350 g/mol. The van der Waals surface area contributed by atoms with Gasteiger partial charge in [-0.25, -0.2) is 0 Å². The molecule has 0 aliphatic rings. The van der Waals surface area contributed by atoms with Crippen LogP contribution in [-0.4, -0.2) is 24.9 Å². The highest BCUT2D eigenvalue weighted by atomic mass is 16.3. The first-order valence-electron chi connectivity index (χ1n) is 40.4. The van der Waals surface area contributed by atoms with Gasteiger partial charge in [0.25, 0.3) is 0 Å². The molecule has 10 heteroatoms. The number of pyridine rings is 5. The van der Waals surface area contributed by atoms with Crippen molar-refractivity contribution in [3.63, 3.8) is 0 Å². The number of hydrogen-bond donors (Lipinski definition) is 0. The number of hydrogen-bond acceptors (Lipinski definition) is 10. The fourth-order valence-corrected chi connectivity index (χ4v) is 14.3. The molecule has 0 amide bonds. The van der Waals surface area contributed by atoms with E-state index >= 15 is 0 Å². The fourth-order valence-electron chi connectivity index (χ4n) is 14.3. The van der Waals surface area contributed by atoms with E-state index in [2.05, 4.69) is 157 Å². The Morgan fingerprint density at radius 2 is 0.573 bits per heavy atom. The molecule has 10 aromatic carbocycles. The van der Waals surface area contributed by atoms with Gasteiger partial charge in [-0.2, -0.15) is 0 Å². The predicted octanol–water partition coefficient (Wildman–Crippen LogP) is 28.9. The Hall–Kier alpha value is -13.1. The van der Waals surface area contributed by atoms with Gasteiger partial charge in [-0.3, -0.25) is 24.9 Å². The van der Waals surface area contributed by atoms with Gasteiger partial charge in [0.2, 0.25) is 0 Å². The van der Waals surface area contributed by atoms with Crippen LogP contribution < -0.4 is 0 Å². The molecule has 0 fully saturated rings. The molecule has 0 saturated heterocycles. The number of aromatic nitrogens is 5. The minimum atomic E-state index is -1.99. The zero-order valence-corrected chi connectivity index (χ0v) is 62.5. The summed E-state index contributed by atoms with van der Waals surface area (Å²) in [5.41, 5.74) is 26.6. The van der Waals surface area contributed by atoms with Crippen LogP contribution in [0.2, 0.25) is 0 Å². The van der Waals surface area contributed by atoms with E-state index in [1.54, 1.807) is 26.2 Å². The Morgan fingerprint density at radius 3 is 1.05 bits per heavy atom. The number of rotatable bonds is 10. The molecular formula is C100H85N5O5. The highest BCUT2D eigenvalue weighted by molar-refractivity contribution is 6.12. The van der Waals surface area contributed by atoms with E-state index in [1.165, 1.54) is 16.7 Å². The Kier molecular flexibility index (Phi) is 18.1. The molecule has 10 heterocycles. The van der Waals surface area contributed by atoms with Crippen LogP contribution in [0.25, 0.3) is 166 Å². The standard InChI is InChI=1S/5C20H17NO/c1-13(2)14-8-10-15(11-9-14)16-5-3-6-17-19-18(22-20(16)17)7-4-12-21-19;1-13(2)14-6-8-15(9-7-14)16-4-3-5-17-18-12-21-11-10-19(18)22-20(16)17;2*1-13(2)14-7-9-15(10-8-14)17-11-21-12-18-16-5-3-4-6-19(16)22-20(17)18;1-13(2)14-7-9-15(10-8-14)16-11-12-21-19-17-5-3-4-6-18(17)22-20(16)19/h5*3-13H,1-2H3/i2*1D3;;;. The van der Waals surface area contributed by atoms with Crippen LogP contribution in [0, 0.1) is 0 Å². The lowest BCUT2D eigenvalue weighted by atomic mass is 9.98. The number of furan rings is 5. The van der Waals surface area contributed by atoms with Gasteiger partial charge in [0.1, 0.15) is 55.7 Å². The lowest BCUT2D eigenvalue weighted by molar-refractivity contribution is 0.669. The maximum atomic E-state index is 7.58. The molecule has 20 aromatic rings. The molecule has 2 unspecified atom stereocenters. The van der Waals surface area contributed by atoms with Crippen LogP contribution in [0.3, 0.4) is 0 Å². The first-order valence-corrected chi connectivity index (χ1v) is 37.4. The molecule has 10 nitrogen and oxygen atoms in total. The molecule has 0 bridgehead atoms. The number of nitrogens with zero attached hydrogens (tertiary/aromatic N) is 5. The van der Waals surface area contributed by atoms with Gasteiger partial charge in [-0.15, -0.1) is 0 Å². The second kappa shape index (κ2) is 31.0. The van der Waals surface area contributed by atoms with E-state index in [4.69, 9.17) is 30.3 Å². The molecule has 0 radical (unpaired) electrons. The van der Waals surface area contributed by atoms with Crippen molar-refractivity contribution in [2.24, 2.45) is 0 Å². The molecule has 0 aliphatic heterocycles. The van der Waals surface area contributed by atoms with E-state index in [9.17, 15) is 0 Å². The van der Waals surface area contributed by atoms with E-state index in [0.717, 1.165) is 177 Å². The largest absolute Gasteiger partial charge is 0.455 e. The number of benzene rings is 10. The van der Waals surface area contributed by atoms with Crippen molar-refractivity contribution in [1.82, 2.24) is 24.9 Å². The van der Waals surface area contributed by atoms with Crippen LogP contribution in [0.1, 0.15) is 135 Å². The van der Waals surface area contributed by atoms with Gasteiger partial charge >= 0.3 is 0 Å². The quantitative estimate of drug-likeness (QED) is 0.130. The molecule has 2 atom stereocenters. The number of fused-ring (bicyclic) bond motifs is 15. The average molecular weight is 1440 g/mol. The SMILES string of the molecule is CC(C)c1ccc(-c2ccnc3c2oc2ccccc23)cc1.CC(C)c1ccc(-c2cncc3c2oc2ccccc23)cc1.CC(C)c1ccc(-c2cncc3c2oc2ccccc23)cc1.[2H]C([2H])([2H])C(C)c1ccc(-c2cccc3c2oc2cccnc23)cc1.[2H]C([2H])([2H])C(C)c1ccc(-c2cccc3c2oc2ccncc23)cc1. The minimum absolute atomic E-state index is 0.491. The zero-order chi connectivity index (χ0) is 80.5. The molecule has 110 heavy (non-hydrogen) atoms. The highest BCUT2D eigenvalue weighted by Crippen LogP contribution is 2.41. The van der Waals surface area contributed by atoms with Gasteiger partial charge < -0.3 is 22.1 Å². The Balaban J connectivity index is 0.000000109. The molecule has 20 rings (SSSR count). The monoisotopic (exact) mass is 1440 g/mol. The Morgan fingerprint density at radius 1 is 0.227 bits per heavy atom. The van der Waals surface area contributed by atoms with Crippen molar-refractivity contribution in [3.05, 3.63) is 332 Å². The molecule has 0 N–H and O–H groups in total. The van der Waals surface area contributed by atoms with Gasteiger partial charge in [0.05, 0.1) is 0 Å². The molecule has 0 spiro atoms. The first-order chi connectivity index (χ1) is 56.1. The maximum Gasteiger partial charge on any atom is 0.161 e. The lowest BCUT2D eigenvalue weighted by Crippen LogP contribution is -1.87. The van der Waals surface area contributed by atoms with Crippen LogP contribution in [0.15, 0.2) is 326 Å². The zero-order valence-electron chi connectivity index (χ0n) is 68.5. The van der Waals surface area contributed by atoms with Crippen LogP contribution >= 0.6 is 0 Å². The van der Waals surface area contributed by atoms with Crippen molar-refractivity contribution in [3.8, 4) is 55.6 Å². The van der Waals surface area contributed by atoms with Crippen molar-refractivity contribution in [2.45, 2.75) is 98.7 Å². The summed E-state index contributed by atoms with van der Waals surface area (Å²) in [6.45, 7) is 12.7. The maximum absolute atomic E-state index is 7.58. The first kappa shape index (κ1) is 64.2. The van der Waals surface area contributed by atoms with Crippen molar-refractivity contribution < 1.29 is 30.3 Å². The highest BCUT2D eigenvalue weighted by Gasteiger charge is 2.19. The number of para-hydroxylation sites is 5. The summed E-state index contributed by atoms with van der Waals surface area (Å²) >= 11 is 0. The second-order valence-corrected chi connectivity index (χ2v) is 28.8. The third-order valence-electron chi connectivity index (χ3n) is 20.5. The van der Waals surface area contributed by atoms with Gasteiger partial charge in [-0.05, 0) is 140 Å². The summed E-state index contributed by atoms with van der Waals surface area (Å²) in [5.74, 6) is 0.628. The topological polar surface area (TPSA) is 130 Å². The summed E-state index contributed by atoms with van der Waals surface area (Å²) in [4.78, 5) is 21.9. The fraction of sp³-hybridized carbons (Fsp3) is 0.150. The van der Waals surface area contributed by atoms with Crippen LogP contribution in [0.4, 0.5) is 0 Å².